The van der Waals surface area contributed by atoms with Gasteiger partial charge < -0.3 is 0 Å². The third-order valence-electron chi connectivity index (χ3n) is 1.86. The fourth-order valence-electron chi connectivity index (χ4n) is 1.23. The molecule has 0 N–H and O–H groups in total. The third-order valence-corrected chi connectivity index (χ3v) is 3.16. The van der Waals surface area contributed by atoms with E-state index in [0.29, 0.717) is 14.3 Å². The first-order valence-corrected chi connectivity index (χ1v) is 5.04. The van der Waals surface area contributed by atoms with Gasteiger partial charge in [0.1, 0.15) is 5.82 Å². The molecule has 74 valence electrons. The van der Waals surface area contributed by atoms with Crippen LogP contribution in [0.25, 0.3) is 10.1 Å². The minimum absolute atomic E-state index is 0.548. The molecule has 0 saturated carbocycles. The van der Waals surface area contributed by atoms with Gasteiger partial charge in [0.2, 0.25) is 0 Å². The minimum Gasteiger partial charge on any atom is -0.206 e. The zero-order valence-electron chi connectivity index (χ0n) is 6.80. The molecule has 0 radical (unpaired) electrons. The Hall–Kier alpha value is -0.680. The van der Waals surface area contributed by atoms with E-state index >= 15 is 0 Å². The first-order chi connectivity index (χ1) is 6.58. The van der Waals surface area contributed by atoms with Crippen molar-refractivity contribution < 1.29 is 13.2 Å². The van der Waals surface area contributed by atoms with Crippen LogP contribution in [0.3, 0.4) is 0 Å². The van der Waals surface area contributed by atoms with Crippen molar-refractivity contribution >= 4 is 34.1 Å². The molecule has 1 heterocycles. The number of thiol groups is 1. The maximum atomic E-state index is 13.1. The van der Waals surface area contributed by atoms with Gasteiger partial charge in [-0.1, -0.05) is 0 Å². The summed E-state index contributed by atoms with van der Waals surface area (Å²) in [6.07, 6.45) is -2.77. The van der Waals surface area contributed by atoms with Gasteiger partial charge in [0.05, 0.1) is 9.77 Å². The molecule has 1 aromatic carbocycles. The molecular formula is C9H5F3S2. The number of benzene rings is 1. The summed E-state index contributed by atoms with van der Waals surface area (Å²) in [5, 5.41) is 0.613. The second kappa shape index (κ2) is 3.47. The van der Waals surface area contributed by atoms with E-state index in [-0.39, 0.29) is 0 Å². The number of hydrogen-bond donors (Lipinski definition) is 1. The van der Waals surface area contributed by atoms with Crippen LogP contribution >= 0.6 is 24.0 Å². The highest BCUT2D eigenvalue weighted by molar-refractivity contribution is 7.83. The lowest BCUT2D eigenvalue weighted by Crippen LogP contribution is -1.89. The van der Waals surface area contributed by atoms with Gasteiger partial charge in [-0.05, 0) is 23.6 Å². The molecule has 0 aliphatic heterocycles. The maximum absolute atomic E-state index is 13.1. The Morgan fingerprint density at radius 3 is 2.57 bits per heavy atom. The van der Waals surface area contributed by atoms with Gasteiger partial charge in [-0.3, -0.25) is 0 Å². The second-order valence-corrected chi connectivity index (χ2v) is 4.67. The number of alkyl halides is 2. The summed E-state index contributed by atoms with van der Waals surface area (Å²) in [6, 6.07) is 3.95. The largest absolute Gasteiger partial charge is 0.266 e. The number of halogens is 3. The topological polar surface area (TPSA) is 0 Å². The van der Waals surface area contributed by atoms with Gasteiger partial charge in [-0.2, -0.15) is 0 Å². The fourth-order valence-corrected chi connectivity index (χ4v) is 2.49. The highest BCUT2D eigenvalue weighted by atomic mass is 32.2. The van der Waals surface area contributed by atoms with Gasteiger partial charge in [0, 0.05) is 4.70 Å². The van der Waals surface area contributed by atoms with Crippen LogP contribution in [0.5, 0.6) is 0 Å². The summed E-state index contributed by atoms with van der Waals surface area (Å²) < 4.78 is 39.0. The van der Waals surface area contributed by atoms with Crippen LogP contribution in [0.2, 0.25) is 0 Å². The molecule has 0 amide bonds. The fraction of sp³-hybridized carbons (Fsp3) is 0.111. The first-order valence-electron chi connectivity index (χ1n) is 3.78. The van der Waals surface area contributed by atoms with Gasteiger partial charge in [0.25, 0.3) is 6.43 Å². The smallest absolute Gasteiger partial charge is 0.206 e. The van der Waals surface area contributed by atoms with Crippen molar-refractivity contribution in [2.24, 2.45) is 0 Å². The highest BCUT2D eigenvalue weighted by Gasteiger charge is 2.15. The van der Waals surface area contributed by atoms with Crippen LogP contribution in [0.4, 0.5) is 13.2 Å². The van der Waals surface area contributed by atoms with E-state index in [1.165, 1.54) is 17.4 Å². The number of hydrogen-bond acceptors (Lipinski definition) is 2. The SMILES string of the molecule is Fc1cc2cc(S)sc2cc1C(F)F. The lowest BCUT2D eigenvalue weighted by atomic mass is 10.2. The Balaban J connectivity index is 2.70. The van der Waals surface area contributed by atoms with E-state index in [1.807, 2.05) is 0 Å². The average Bonchev–Trinajstić information content (AvgIpc) is 2.42. The molecular weight excluding hydrogens is 229 g/mol. The standard InChI is InChI=1S/C9H5F3S2/c10-6-1-4-2-8(13)14-7(4)3-5(6)9(11)12/h1-3,9,13H. The van der Waals surface area contributed by atoms with E-state index in [2.05, 4.69) is 12.6 Å². The van der Waals surface area contributed by atoms with Gasteiger partial charge in [-0.25, -0.2) is 13.2 Å². The lowest BCUT2D eigenvalue weighted by molar-refractivity contribution is 0.146. The van der Waals surface area contributed by atoms with Crippen molar-refractivity contribution in [2.45, 2.75) is 10.6 Å². The Labute approximate surface area is 87.8 Å². The molecule has 1 aromatic heterocycles. The molecule has 2 aromatic rings. The first kappa shape index (κ1) is 9.86. The second-order valence-electron chi connectivity index (χ2n) is 2.80. The van der Waals surface area contributed by atoms with Gasteiger partial charge >= 0.3 is 0 Å². The molecule has 0 bridgehead atoms. The summed E-state index contributed by atoms with van der Waals surface area (Å²) in [5.41, 5.74) is -0.548. The Kier molecular flexibility index (Phi) is 2.45. The Bertz CT molecular complexity index is 476. The van der Waals surface area contributed by atoms with Crippen molar-refractivity contribution in [3.05, 3.63) is 29.6 Å². The Morgan fingerprint density at radius 1 is 1.21 bits per heavy atom. The summed E-state index contributed by atoms with van der Waals surface area (Å²) >= 11 is 5.33. The van der Waals surface area contributed by atoms with Crippen LogP contribution in [-0.4, -0.2) is 0 Å². The van der Waals surface area contributed by atoms with E-state index in [9.17, 15) is 13.2 Å². The molecule has 14 heavy (non-hydrogen) atoms. The third kappa shape index (κ3) is 1.62. The monoisotopic (exact) mass is 234 g/mol. The van der Waals surface area contributed by atoms with Gasteiger partial charge in [-0.15, -0.1) is 24.0 Å². The molecule has 0 spiro atoms. The van der Waals surface area contributed by atoms with Crippen LogP contribution in [-0.2, 0) is 0 Å². The predicted octanol–water partition coefficient (Wildman–Crippen LogP) is 4.27. The molecule has 0 aliphatic rings. The van der Waals surface area contributed by atoms with Crippen molar-refractivity contribution in [2.75, 3.05) is 0 Å². The lowest BCUT2D eigenvalue weighted by Gasteiger charge is -2.00. The molecule has 0 aliphatic carbocycles. The van der Waals surface area contributed by atoms with E-state index in [4.69, 9.17) is 0 Å². The van der Waals surface area contributed by atoms with Crippen molar-refractivity contribution in [1.82, 2.24) is 0 Å². The normalized spacial score (nSPS) is 11.5. The van der Waals surface area contributed by atoms with Crippen LogP contribution in [0, 0.1) is 5.82 Å². The number of thiophene rings is 1. The number of rotatable bonds is 1. The molecule has 0 fully saturated rings. The predicted molar refractivity (Wildman–Crippen MR) is 54.0 cm³/mol. The maximum Gasteiger partial charge on any atom is 0.266 e. The minimum atomic E-state index is -2.77. The van der Waals surface area contributed by atoms with Crippen molar-refractivity contribution in [3.8, 4) is 0 Å². The quantitative estimate of drug-likeness (QED) is 0.700. The zero-order valence-corrected chi connectivity index (χ0v) is 8.51. The molecule has 0 atom stereocenters. The van der Waals surface area contributed by atoms with Gasteiger partial charge in [0.15, 0.2) is 0 Å². The summed E-state index contributed by atoms with van der Waals surface area (Å²) in [4.78, 5) is 0. The molecule has 5 heteroatoms. The van der Waals surface area contributed by atoms with E-state index < -0.39 is 17.8 Å². The van der Waals surface area contributed by atoms with E-state index in [0.717, 1.165) is 6.07 Å². The van der Waals surface area contributed by atoms with Crippen molar-refractivity contribution in [1.29, 1.82) is 0 Å². The summed E-state index contributed by atoms with van der Waals surface area (Å²) in [5.74, 6) is -0.862. The van der Waals surface area contributed by atoms with Crippen LogP contribution in [0.1, 0.15) is 12.0 Å². The van der Waals surface area contributed by atoms with Crippen molar-refractivity contribution in [3.63, 3.8) is 0 Å². The van der Waals surface area contributed by atoms with Crippen LogP contribution < -0.4 is 0 Å². The molecule has 0 saturated heterocycles. The summed E-state index contributed by atoms with van der Waals surface area (Å²) in [6.45, 7) is 0. The number of fused-ring (bicyclic) bond motifs is 1. The molecule has 2 rings (SSSR count). The molecule has 0 unspecified atom stereocenters. The zero-order chi connectivity index (χ0) is 10.3. The molecule has 0 nitrogen and oxygen atoms in total. The van der Waals surface area contributed by atoms with Crippen LogP contribution in [0.15, 0.2) is 22.4 Å². The summed E-state index contributed by atoms with van der Waals surface area (Å²) in [7, 11) is 0. The Morgan fingerprint density at radius 2 is 1.93 bits per heavy atom. The van der Waals surface area contributed by atoms with E-state index in [1.54, 1.807) is 6.07 Å². The highest BCUT2D eigenvalue weighted by Crippen LogP contribution is 2.33. The average molecular weight is 234 g/mol.